The van der Waals surface area contributed by atoms with E-state index in [9.17, 15) is 9.18 Å². The van der Waals surface area contributed by atoms with E-state index in [1.165, 1.54) is 0 Å². The highest BCUT2D eigenvalue weighted by atomic mass is 19.1. The van der Waals surface area contributed by atoms with Gasteiger partial charge in [0.2, 0.25) is 0 Å². The fourth-order valence-corrected chi connectivity index (χ4v) is 2.42. The van der Waals surface area contributed by atoms with E-state index in [4.69, 9.17) is 19.9 Å². The van der Waals surface area contributed by atoms with Crippen LogP contribution in [0, 0.1) is 5.82 Å². The standard InChI is InChI=1S/C13H20FN3O4.C2H6/c1-5-8(19-4)9-11(21-13(2,3)20-9)17-6-7(14)10(15)16-12(17)18;1-2/h6,8-9,11H,5H2,1-4H3,(H2,15,16,18);1-2H3/t8?,9-,11-;/m1./s1. The van der Waals surface area contributed by atoms with Crippen molar-refractivity contribution in [3.8, 4) is 0 Å². The van der Waals surface area contributed by atoms with Gasteiger partial charge in [0.05, 0.1) is 12.3 Å². The third-order valence-corrected chi connectivity index (χ3v) is 3.39. The molecule has 0 aromatic carbocycles. The van der Waals surface area contributed by atoms with E-state index in [-0.39, 0.29) is 6.10 Å². The van der Waals surface area contributed by atoms with Crippen LogP contribution in [-0.4, -0.2) is 34.7 Å². The van der Waals surface area contributed by atoms with E-state index in [1.54, 1.807) is 21.0 Å². The maximum absolute atomic E-state index is 13.6. The lowest BCUT2D eigenvalue weighted by atomic mass is 10.1. The Morgan fingerprint density at radius 2 is 2.09 bits per heavy atom. The second-order valence-corrected chi connectivity index (χ2v) is 5.34. The van der Waals surface area contributed by atoms with Crippen molar-refractivity contribution in [3.63, 3.8) is 0 Å². The smallest absolute Gasteiger partial charge is 0.351 e. The van der Waals surface area contributed by atoms with Crippen molar-refractivity contribution in [2.75, 3.05) is 12.8 Å². The molecule has 1 aromatic rings. The SMILES string of the molecule is CC.CCC(OC)[C@H]1OC(C)(C)O[C@H]1n1cc(F)c(N)nc1=O. The lowest BCUT2D eigenvalue weighted by Gasteiger charge is -2.25. The number of ether oxygens (including phenoxy) is 3. The van der Waals surface area contributed by atoms with Crippen molar-refractivity contribution in [3.05, 3.63) is 22.5 Å². The van der Waals surface area contributed by atoms with Crippen LogP contribution in [0.25, 0.3) is 0 Å². The summed E-state index contributed by atoms with van der Waals surface area (Å²) in [7, 11) is 1.55. The molecular weight excluding hydrogens is 305 g/mol. The van der Waals surface area contributed by atoms with Gasteiger partial charge in [0.15, 0.2) is 23.7 Å². The molecule has 0 spiro atoms. The highest BCUT2D eigenvalue weighted by Crippen LogP contribution is 2.37. The van der Waals surface area contributed by atoms with Gasteiger partial charge in [0.25, 0.3) is 0 Å². The van der Waals surface area contributed by atoms with Gasteiger partial charge in [-0.25, -0.2) is 9.18 Å². The first-order valence-electron chi connectivity index (χ1n) is 7.71. The molecule has 0 amide bonds. The fraction of sp³-hybridized carbons (Fsp3) is 0.733. The van der Waals surface area contributed by atoms with Gasteiger partial charge in [-0.15, -0.1) is 0 Å². The highest BCUT2D eigenvalue weighted by Gasteiger charge is 2.46. The van der Waals surface area contributed by atoms with Gasteiger partial charge in [0, 0.05) is 7.11 Å². The Hall–Kier alpha value is -1.51. The molecule has 1 saturated heterocycles. The zero-order valence-electron chi connectivity index (χ0n) is 14.5. The van der Waals surface area contributed by atoms with Crippen LogP contribution in [0.2, 0.25) is 0 Å². The molecule has 132 valence electrons. The van der Waals surface area contributed by atoms with Crippen molar-refractivity contribution in [1.82, 2.24) is 9.55 Å². The fourth-order valence-electron chi connectivity index (χ4n) is 2.42. The molecule has 0 aliphatic carbocycles. The molecule has 2 rings (SSSR count). The zero-order chi connectivity index (χ0) is 17.8. The summed E-state index contributed by atoms with van der Waals surface area (Å²) >= 11 is 0. The van der Waals surface area contributed by atoms with Gasteiger partial charge in [-0.05, 0) is 20.3 Å². The van der Waals surface area contributed by atoms with Crippen LogP contribution in [0.1, 0.15) is 47.3 Å². The number of nitrogens with zero attached hydrogens (tertiary/aromatic N) is 2. The Morgan fingerprint density at radius 3 is 2.61 bits per heavy atom. The Balaban J connectivity index is 0.00000127. The van der Waals surface area contributed by atoms with Crippen molar-refractivity contribution >= 4 is 5.82 Å². The summed E-state index contributed by atoms with van der Waals surface area (Å²) in [5.74, 6) is -2.14. The van der Waals surface area contributed by atoms with Crippen LogP contribution in [0.3, 0.4) is 0 Å². The van der Waals surface area contributed by atoms with Gasteiger partial charge in [-0.1, -0.05) is 20.8 Å². The predicted octanol–water partition coefficient (Wildman–Crippen LogP) is 2.07. The maximum atomic E-state index is 13.6. The summed E-state index contributed by atoms with van der Waals surface area (Å²) in [4.78, 5) is 15.4. The average Bonchev–Trinajstić information content (AvgIpc) is 2.82. The van der Waals surface area contributed by atoms with Gasteiger partial charge in [-0.2, -0.15) is 4.98 Å². The van der Waals surface area contributed by atoms with Gasteiger partial charge in [-0.3, -0.25) is 4.57 Å². The Morgan fingerprint density at radius 1 is 1.48 bits per heavy atom. The highest BCUT2D eigenvalue weighted by molar-refractivity contribution is 5.26. The minimum Gasteiger partial charge on any atom is -0.381 e. The number of hydrogen-bond acceptors (Lipinski definition) is 6. The average molecular weight is 331 g/mol. The summed E-state index contributed by atoms with van der Waals surface area (Å²) in [5, 5.41) is 0. The van der Waals surface area contributed by atoms with Crippen molar-refractivity contribution in [1.29, 1.82) is 0 Å². The zero-order valence-corrected chi connectivity index (χ0v) is 14.5. The summed E-state index contributed by atoms with van der Waals surface area (Å²) in [6.45, 7) is 9.35. The van der Waals surface area contributed by atoms with Crippen LogP contribution in [-0.2, 0) is 14.2 Å². The van der Waals surface area contributed by atoms with E-state index in [2.05, 4.69) is 4.98 Å². The van der Waals surface area contributed by atoms with E-state index >= 15 is 0 Å². The molecule has 1 fully saturated rings. The number of hydrogen-bond donors (Lipinski definition) is 1. The number of nitrogens with two attached hydrogens (primary N) is 1. The summed E-state index contributed by atoms with van der Waals surface area (Å²) in [6.07, 6.45) is -0.0616. The molecule has 3 atom stereocenters. The molecule has 7 nitrogen and oxygen atoms in total. The lowest BCUT2D eigenvalue weighted by molar-refractivity contribution is -0.161. The van der Waals surface area contributed by atoms with E-state index in [0.29, 0.717) is 6.42 Å². The van der Waals surface area contributed by atoms with Gasteiger partial charge in [0.1, 0.15) is 6.10 Å². The minimum absolute atomic E-state index is 0.302. The van der Waals surface area contributed by atoms with E-state index < -0.39 is 35.4 Å². The van der Waals surface area contributed by atoms with Crippen LogP contribution >= 0.6 is 0 Å². The Bertz CT molecular complexity index is 572. The molecule has 23 heavy (non-hydrogen) atoms. The first-order valence-corrected chi connectivity index (χ1v) is 7.71. The lowest BCUT2D eigenvalue weighted by Crippen LogP contribution is -2.39. The molecule has 1 unspecified atom stereocenters. The maximum Gasteiger partial charge on any atom is 0.351 e. The molecule has 1 aliphatic heterocycles. The van der Waals surface area contributed by atoms with Crippen LogP contribution in [0.4, 0.5) is 10.2 Å². The second kappa shape index (κ2) is 7.85. The first kappa shape index (κ1) is 19.5. The Kier molecular flexibility index (Phi) is 6.67. The summed E-state index contributed by atoms with van der Waals surface area (Å²) in [6, 6.07) is 0. The molecular formula is C15H26FN3O4. The second-order valence-electron chi connectivity index (χ2n) is 5.34. The Labute approximate surface area is 135 Å². The molecule has 0 saturated carbocycles. The number of nitrogen functional groups attached to an aromatic ring is 1. The number of rotatable bonds is 4. The van der Waals surface area contributed by atoms with Gasteiger partial charge < -0.3 is 19.9 Å². The normalized spacial score (nSPS) is 24.0. The number of halogens is 1. The summed E-state index contributed by atoms with van der Waals surface area (Å²) in [5.41, 5.74) is 4.59. The third-order valence-electron chi connectivity index (χ3n) is 3.39. The van der Waals surface area contributed by atoms with Crippen LogP contribution in [0.5, 0.6) is 0 Å². The van der Waals surface area contributed by atoms with Crippen molar-refractivity contribution < 1.29 is 18.6 Å². The first-order chi connectivity index (χ1) is 10.8. The van der Waals surface area contributed by atoms with Crippen molar-refractivity contribution in [2.45, 2.75) is 65.3 Å². The van der Waals surface area contributed by atoms with Gasteiger partial charge >= 0.3 is 5.69 Å². The molecule has 0 bridgehead atoms. The molecule has 8 heteroatoms. The van der Waals surface area contributed by atoms with E-state index in [1.807, 2.05) is 20.8 Å². The molecule has 1 aliphatic rings. The number of methoxy groups -OCH3 is 1. The summed E-state index contributed by atoms with van der Waals surface area (Å²) < 4.78 is 31.6. The van der Waals surface area contributed by atoms with E-state index in [0.717, 1.165) is 10.8 Å². The number of aromatic nitrogens is 2. The van der Waals surface area contributed by atoms with Crippen molar-refractivity contribution in [2.24, 2.45) is 0 Å². The third kappa shape index (κ3) is 4.27. The monoisotopic (exact) mass is 331 g/mol. The topological polar surface area (TPSA) is 88.6 Å². The van der Waals surface area contributed by atoms with Crippen LogP contribution < -0.4 is 11.4 Å². The number of anilines is 1. The largest absolute Gasteiger partial charge is 0.381 e. The predicted molar refractivity (Wildman–Crippen MR) is 84.4 cm³/mol. The molecule has 2 heterocycles. The quantitative estimate of drug-likeness (QED) is 0.908. The van der Waals surface area contributed by atoms with Crippen LogP contribution in [0.15, 0.2) is 11.0 Å². The molecule has 2 N–H and O–H groups in total. The molecule has 0 radical (unpaired) electrons. The molecule has 1 aromatic heterocycles. The minimum atomic E-state index is -0.918.